The number of ether oxygens (including phenoxy) is 1. The van der Waals surface area contributed by atoms with Gasteiger partial charge in [0.05, 0.1) is 10.9 Å². The average molecular weight is 464 g/mol. The zero-order valence-electron chi connectivity index (χ0n) is 18.1. The van der Waals surface area contributed by atoms with Crippen molar-refractivity contribution in [1.29, 1.82) is 0 Å². The Morgan fingerprint density at radius 3 is 3.00 bits per heavy atom. The molecule has 172 valence electrons. The molecule has 3 aliphatic heterocycles. The molecule has 0 aliphatic carbocycles. The van der Waals surface area contributed by atoms with Gasteiger partial charge in [0.1, 0.15) is 24.1 Å². The summed E-state index contributed by atoms with van der Waals surface area (Å²) in [5.74, 6) is 0.395. The van der Waals surface area contributed by atoms with Crippen LogP contribution in [0.15, 0.2) is 18.9 Å². The van der Waals surface area contributed by atoms with Gasteiger partial charge in [-0.1, -0.05) is 17.7 Å². The van der Waals surface area contributed by atoms with Crippen LogP contribution in [-0.4, -0.2) is 64.3 Å². The van der Waals surface area contributed by atoms with Crippen LogP contribution in [0.3, 0.4) is 0 Å². The molecule has 0 radical (unpaired) electrons. The molecular formula is C23H28ClF2N5O. The maximum atomic E-state index is 14.9. The maximum absolute atomic E-state index is 14.9. The second-order valence-electron chi connectivity index (χ2n) is 9.30. The van der Waals surface area contributed by atoms with Gasteiger partial charge in [0.15, 0.2) is 11.0 Å². The van der Waals surface area contributed by atoms with Gasteiger partial charge in [-0.25, -0.2) is 13.8 Å². The van der Waals surface area contributed by atoms with E-state index < -0.39 is 12.0 Å². The first kappa shape index (κ1) is 21.8. The van der Waals surface area contributed by atoms with Gasteiger partial charge in [0, 0.05) is 32.3 Å². The normalized spacial score (nSPS) is 28.3. The van der Waals surface area contributed by atoms with Crippen LogP contribution in [0.4, 0.5) is 14.6 Å². The van der Waals surface area contributed by atoms with Crippen LogP contribution in [0.2, 0.25) is 5.15 Å². The van der Waals surface area contributed by atoms with E-state index in [4.69, 9.17) is 16.3 Å². The molecule has 0 saturated carbocycles. The largest absolute Gasteiger partial charge is 0.461 e. The minimum absolute atomic E-state index is 0.100. The van der Waals surface area contributed by atoms with Crippen LogP contribution in [0.1, 0.15) is 38.5 Å². The number of hydrogen-bond acceptors (Lipinski definition) is 6. The predicted molar refractivity (Wildman–Crippen MR) is 121 cm³/mol. The van der Waals surface area contributed by atoms with Crippen LogP contribution in [-0.2, 0) is 0 Å². The minimum atomic E-state index is -0.843. The molecule has 0 spiro atoms. The Kier molecular flexibility index (Phi) is 5.92. The smallest absolute Gasteiger partial charge is 0.319 e. The molecule has 0 amide bonds. The number of rotatable bonds is 6. The van der Waals surface area contributed by atoms with E-state index in [-0.39, 0.29) is 28.8 Å². The SMILES string of the molecule is C=CCC1CCCN(c2nc(OC[C@@]34CCCN3C[C@H](F)C4)nc3c(F)c(Cl)ncc23)C1. The molecule has 32 heavy (non-hydrogen) atoms. The molecule has 3 fully saturated rings. The van der Waals surface area contributed by atoms with Gasteiger partial charge in [0.2, 0.25) is 0 Å². The van der Waals surface area contributed by atoms with Crippen molar-refractivity contribution in [2.45, 2.75) is 50.2 Å². The number of allylic oxidation sites excluding steroid dienone is 1. The molecule has 6 nitrogen and oxygen atoms in total. The summed E-state index contributed by atoms with van der Waals surface area (Å²) >= 11 is 5.95. The van der Waals surface area contributed by atoms with Crippen molar-refractivity contribution in [3.8, 4) is 6.01 Å². The standard InChI is InChI=1S/C23H28ClF2N5O/c1-2-5-15-6-3-8-30(12-15)21-17-11-27-20(24)18(26)19(17)28-22(29-21)32-14-23-7-4-9-31(23)13-16(25)10-23/h2,11,15-16H,1,3-10,12-14H2/t15?,16-,23+/m1/s1. The number of nitrogens with zero attached hydrogens (tertiary/aromatic N) is 5. The van der Waals surface area contributed by atoms with Gasteiger partial charge in [-0.05, 0) is 44.6 Å². The van der Waals surface area contributed by atoms with E-state index in [0.29, 0.717) is 30.1 Å². The van der Waals surface area contributed by atoms with Crippen LogP contribution in [0.25, 0.3) is 10.9 Å². The van der Waals surface area contributed by atoms with Crippen LogP contribution < -0.4 is 9.64 Å². The van der Waals surface area contributed by atoms with E-state index in [9.17, 15) is 8.78 Å². The molecular weight excluding hydrogens is 436 g/mol. The molecule has 1 unspecified atom stereocenters. The number of halogens is 3. The molecule has 3 aliphatic rings. The number of hydrogen-bond donors (Lipinski definition) is 0. The summed E-state index contributed by atoms with van der Waals surface area (Å²) in [4.78, 5) is 17.3. The summed E-state index contributed by atoms with van der Waals surface area (Å²) in [5.41, 5.74) is -0.224. The van der Waals surface area contributed by atoms with Gasteiger partial charge in [-0.2, -0.15) is 9.97 Å². The van der Waals surface area contributed by atoms with E-state index in [1.807, 2.05) is 6.08 Å². The monoisotopic (exact) mass is 463 g/mol. The summed E-state index contributed by atoms with van der Waals surface area (Å²) < 4.78 is 35.1. The lowest BCUT2D eigenvalue weighted by Crippen LogP contribution is -2.43. The Morgan fingerprint density at radius 2 is 2.16 bits per heavy atom. The van der Waals surface area contributed by atoms with Crippen LogP contribution >= 0.6 is 11.6 Å². The summed E-state index contributed by atoms with van der Waals surface area (Å²) in [6, 6.07) is 0.100. The third-order valence-corrected chi connectivity index (χ3v) is 7.41. The summed E-state index contributed by atoms with van der Waals surface area (Å²) in [6.45, 7) is 7.08. The average Bonchev–Trinajstić information content (AvgIpc) is 3.31. The molecule has 5 rings (SSSR count). The fraction of sp³-hybridized carbons (Fsp3) is 0.609. The lowest BCUT2D eigenvalue weighted by Gasteiger charge is -2.34. The fourth-order valence-corrected chi connectivity index (χ4v) is 5.78. The Bertz CT molecular complexity index is 1020. The van der Waals surface area contributed by atoms with E-state index in [0.717, 1.165) is 51.7 Å². The quantitative estimate of drug-likeness (QED) is 0.462. The van der Waals surface area contributed by atoms with Crippen molar-refractivity contribution >= 4 is 28.3 Å². The molecule has 9 heteroatoms. The van der Waals surface area contributed by atoms with Gasteiger partial charge >= 0.3 is 6.01 Å². The molecule has 3 atom stereocenters. The van der Waals surface area contributed by atoms with E-state index in [2.05, 4.69) is 31.3 Å². The highest BCUT2D eigenvalue weighted by Gasteiger charge is 2.49. The summed E-state index contributed by atoms with van der Waals surface area (Å²) in [5, 5.41) is 0.289. The van der Waals surface area contributed by atoms with Gasteiger partial charge in [0.25, 0.3) is 0 Å². The number of fused-ring (bicyclic) bond motifs is 2. The number of anilines is 1. The first-order valence-electron chi connectivity index (χ1n) is 11.4. The van der Waals surface area contributed by atoms with E-state index in [1.54, 1.807) is 0 Å². The Labute approximate surface area is 191 Å². The minimum Gasteiger partial charge on any atom is -0.461 e. The van der Waals surface area contributed by atoms with Crippen molar-refractivity contribution in [1.82, 2.24) is 19.9 Å². The number of pyridine rings is 1. The molecule has 2 aromatic rings. The molecule has 0 N–H and O–H groups in total. The molecule has 0 bridgehead atoms. The highest BCUT2D eigenvalue weighted by atomic mass is 35.5. The molecule has 2 aromatic heterocycles. The summed E-state index contributed by atoms with van der Waals surface area (Å²) in [7, 11) is 0. The Morgan fingerprint density at radius 1 is 1.28 bits per heavy atom. The van der Waals surface area contributed by atoms with Crippen LogP contribution in [0.5, 0.6) is 6.01 Å². The highest BCUT2D eigenvalue weighted by molar-refractivity contribution is 6.30. The van der Waals surface area contributed by atoms with E-state index >= 15 is 0 Å². The number of piperidine rings is 1. The zero-order valence-corrected chi connectivity index (χ0v) is 18.8. The van der Waals surface area contributed by atoms with Gasteiger partial charge in [-0.3, -0.25) is 4.90 Å². The highest BCUT2D eigenvalue weighted by Crippen LogP contribution is 2.40. The predicted octanol–water partition coefficient (Wildman–Crippen LogP) is 4.57. The van der Waals surface area contributed by atoms with Crippen molar-refractivity contribution in [2.24, 2.45) is 5.92 Å². The Hall–Kier alpha value is -2.06. The lowest BCUT2D eigenvalue weighted by atomic mass is 9.94. The molecule has 3 saturated heterocycles. The van der Waals surface area contributed by atoms with Crippen molar-refractivity contribution in [3.05, 3.63) is 29.8 Å². The number of aromatic nitrogens is 3. The molecule has 0 aromatic carbocycles. The van der Waals surface area contributed by atoms with Gasteiger partial charge in [-0.15, -0.1) is 6.58 Å². The fourth-order valence-electron chi connectivity index (χ4n) is 5.64. The topological polar surface area (TPSA) is 54.4 Å². The maximum Gasteiger partial charge on any atom is 0.319 e. The van der Waals surface area contributed by atoms with Crippen LogP contribution in [0, 0.1) is 11.7 Å². The third kappa shape index (κ3) is 3.92. The first-order chi connectivity index (χ1) is 15.5. The van der Waals surface area contributed by atoms with Gasteiger partial charge < -0.3 is 9.64 Å². The van der Waals surface area contributed by atoms with Crippen molar-refractivity contribution in [2.75, 3.05) is 37.7 Å². The molecule has 5 heterocycles. The number of alkyl halides is 1. The first-order valence-corrected chi connectivity index (χ1v) is 11.8. The second-order valence-corrected chi connectivity index (χ2v) is 9.66. The Balaban J connectivity index is 1.48. The van der Waals surface area contributed by atoms with Crippen molar-refractivity contribution in [3.63, 3.8) is 0 Å². The van der Waals surface area contributed by atoms with E-state index in [1.165, 1.54) is 6.20 Å². The summed E-state index contributed by atoms with van der Waals surface area (Å²) in [6.07, 6.45) is 8.03. The van der Waals surface area contributed by atoms with Crippen molar-refractivity contribution < 1.29 is 13.5 Å². The lowest BCUT2D eigenvalue weighted by molar-refractivity contribution is 0.107. The third-order valence-electron chi connectivity index (χ3n) is 7.15. The second kappa shape index (κ2) is 8.71. The zero-order chi connectivity index (χ0) is 22.3.